The summed E-state index contributed by atoms with van der Waals surface area (Å²) in [6.45, 7) is 2.28. The highest BCUT2D eigenvalue weighted by Crippen LogP contribution is 2.38. The molecule has 0 unspecified atom stereocenters. The molecule has 0 spiro atoms. The minimum Gasteiger partial charge on any atom is -0.466 e. The number of hydrogen-bond donors (Lipinski definition) is 1. The second-order valence-electron chi connectivity index (χ2n) is 10.5. The molecule has 0 aliphatic heterocycles. The van der Waals surface area contributed by atoms with Crippen molar-refractivity contribution in [1.29, 1.82) is 0 Å². The number of halogens is 3. The molecule has 0 atom stereocenters. The van der Waals surface area contributed by atoms with Gasteiger partial charge in [-0.1, -0.05) is 36.4 Å². The van der Waals surface area contributed by atoms with Crippen molar-refractivity contribution >= 4 is 17.5 Å². The minimum absolute atomic E-state index is 0.0202. The molecule has 5 rings (SSSR count). The third-order valence-corrected chi connectivity index (χ3v) is 7.59. The van der Waals surface area contributed by atoms with Crippen LogP contribution in [0.3, 0.4) is 0 Å². The van der Waals surface area contributed by atoms with Crippen molar-refractivity contribution in [3.63, 3.8) is 0 Å². The monoisotopic (exact) mass is 579 g/mol. The summed E-state index contributed by atoms with van der Waals surface area (Å²) in [6, 6.07) is 17.8. The van der Waals surface area contributed by atoms with E-state index in [-0.39, 0.29) is 24.0 Å². The fourth-order valence-electron chi connectivity index (χ4n) is 5.50. The van der Waals surface area contributed by atoms with Crippen LogP contribution in [0, 0.1) is 5.92 Å². The Balaban J connectivity index is 1.19. The second kappa shape index (κ2) is 12.7. The number of alkyl halides is 3. The molecule has 10 heteroatoms. The summed E-state index contributed by atoms with van der Waals surface area (Å²) in [5.41, 5.74) is 4.57. The molecule has 1 N–H and O–H groups in total. The van der Waals surface area contributed by atoms with Gasteiger partial charge in [-0.05, 0) is 91.0 Å². The van der Waals surface area contributed by atoms with Crippen LogP contribution in [0.15, 0.2) is 73.1 Å². The van der Waals surface area contributed by atoms with Crippen LogP contribution in [-0.2, 0) is 16.1 Å². The number of pyridine rings is 1. The Labute approximate surface area is 241 Å². The van der Waals surface area contributed by atoms with E-state index in [2.05, 4.69) is 39.3 Å². The number of benzene rings is 2. The fraction of sp³-hybridized carbons (Fsp3) is 0.344. The number of nitrogens with one attached hydrogen (secondary N) is 1. The summed E-state index contributed by atoms with van der Waals surface area (Å²) >= 11 is 0. The lowest BCUT2D eigenvalue weighted by Gasteiger charge is -2.28. The molecule has 1 aliphatic rings. The van der Waals surface area contributed by atoms with Crippen LogP contribution in [0.25, 0.3) is 16.8 Å². The van der Waals surface area contributed by atoms with Crippen molar-refractivity contribution in [3.05, 3.63) is 89.9 Å². The Hall–Kier alpha value is -4.34. The van der Waals surface area contributed by atoms with Gasteiger partial charge in [-0.15, -0.1) is 13.2 Å². The van der Waals surface area contributed by atoms with Gasteiger partial charge in [0.25, 0.3) is 5.91 Å². The van der Waals surface area contributed by atoms with Crippen LogP contribution in [0.4, 0.5) is 13.2 Å². The summed E-state index contributed by atoms with van der Waals surface area (Å²) in [7, 11) is 0. The summed E-state index contributed by atoms with van der Waals surface area (Å²) in [5.74, 6) is -0.00595. The first-order chi connectivity index (χ1) is 20.2. The molecular weight excluding hydrogens is 547 g/mol. The zero-order chi connectivity index (χ0) is 29.7. The number of amides is 1. The van der Waals surface area contributed by atoms with Gasteiger partial charge in [-0.2, -0.15) is 0 Å². The van der Waals surface area contributed by atoms with E-state index in [1.165, 1.54) is 23.8 Å². The van der Waals surface area contributed by atoms with Crippen LogP contribution in [-0.4, -0.2) is 34.2 Å². The Morgan fingerprint density at radius 2 is 1.71 bits per heavy atom. The maximum absolute atomic E-state index is 12.7. The number of fused-ring (bicyclic) bond motifs is 1. The summed E-state index contributed by atoms with van der Waals surface area (Å²) < 4.78 is 48.3. The van der Waals surface area contributed by atoms with Gasteiger partial charge in [-0.3, -0.25) is 9.59 Å². The molecule has 4 aromatic rings. The number of nitrogens with zero attached hydrogens (tertiary/aromatic N) is 2. The Morgan fingerprint density at radius 3 is 2.43 bits per heavy atom. The Morgan fingerprint density at radius 1 is 0.976 bits per heavy atom. The van der Waals surface area contributed by atoms with E-state index in [9.17, 15) is 22.8 Å². The number of aromatic nitrogens is 2. The van der Waals surface area contributed by atoms with E-state index in [0.717, 1.165) is 36.8 Å². The maximum atomic E-state index is 12.7. The lowest BCUT2D eigenvalue weighted by Crippen LogP contribution is -2.23. The van der Waals surface area contributed by atoms with E-state index >= 15 is 0 Å². The number of carbonyl (C=O) groups excluding carboxylic acids is 2. The number of imidazole rings is 1. The van der Waals surface area contributed by atoms with E-state index in [1.54, 1.807) is 16.7 Å². The SMILES string of the molecule is CCOC(=O)CC1CCC(c2ccc(-c3ccc4nc(C(=O)NCc5cccc(OC(F)(F)F)c5)cn4c3)cc2)CC1. The van der Waals surface area contributed by atoms with Gasteiger partial charge in [0.2, 0.25) is 0 Å². The molecule has 2 aromatic heterocycles. The number of carbonyl (C=O) groups is 2. The molecule has 0 bridgehead atoms. The van der Waals surface area contributed by atoms with Gasteiger partial charge >= 0.3 is 12.3 Å². The largest absolute Gasteiger partial charge is 0.573 e. The Kier molecular flexibility index (Phi) is 8.80. The zero-order valence-corrected chi connectivity index (χ0v) is 23.2. The molecule has 1 aliphatic carbocycles. The molecule has 2 heterocycles. The molecule has 0 saturated heterocycles. The van der Waals surface area contributed by atoms with Crippen LogP contribution in [0.5, 0.6) is 5.75 Å². The van der Waals surface area contributed by atoms with E-state index in [0.29, 0.717) is 36.1 Å². The standard InChI is InChI=1S/C32H32F3N3O4/c1-2-41-30(39)17-21-6-8-23(9-7-21)24-10-12-25(13-11-24)26-14-15-29-37-28(20-38(29)19-26)31(40)36-18-22-4-3-5-27(16-22)42-32(33,34)35/h3-5,10-16,19-21,23H,2,6-9,17-18H2,1H3,(H,36,40). The lowest BCUT2D eigenvalue weighted by molar-refractivity contribution is -0.274. The summed E-state index contributed by atoms with van der Waals surface area (Å²) in [5, 5.41) is 2.69. The highest BCUT2D eigenvalue weighted by molar-refractivity contribution is 5.92. The maximum Gasteiger partial charge on any atom is 0.573 e. The molecule has 2 aromatic carbocycles. The first-order valence-corrected chi connectivity index (χ1v) is 14.0. The van der Waals surface area contributed by atoms with Crippen LogP contribution < -0.4 is 10.1 Å². The molecule has 220 valence electrons. The summed E-state index contributed by atoms with van der Waals surface area (Å²) in [6.07, 6.45) is 3.42. The lowest BCUT2D eigenvalue weighted by atomic mass is 9.77. The predicted octanol–water partition coefficient (Wildman–Crippen LogP) is 7.06. The topological polar surface area (TPSA) is 81.9 Å². The van der Waals surface area contributed by atoms with E-state index in [4.69, 9.17) is 4.74 Å². The first-order valence-electron chi connectivity index (χ1n) is 14.0. The summed E-state index contributed by atoms with van der Waals surface area (Å²) in [4.78, 5) is 28.9. The normalized spacial score (nSPS) is 17.1. The predicted molar refractivity (Wildman–Crippen MR) is 151 cm³/mol. The fourth-order valence-corrected chi connectivity index (χ4v) is 5.50. The van der Waals surface area contributed by atoms with Gasteiger partial charge in [0, 0.05) is 25.4 Å². The number of hydrogen-bond acceptors (Lipinski definition) is 5. The third kappa shape index (κ3) is 7.48. The number of esters is 1. The highest BCUT2D eigenvalue weighted by atomic mass is 19.4. The van der Waals surface area contributed by atoms with Crippen LogP contribution in [0.1, 0.15) is 66.6 Å². The molecule has 0 radical (unpaired) electrons. The van der Waals surface area contributed by atoms with Crippen molar-refractivity contribution in [3.8, 4) is 16.9 Å². The van der Waals surface area contributed by atoms with Crippen molar-refractivity contribution in [2.45, 2.75) is 57.9 Å². The van der Waals surface area contributed by atoms with Gasteiger partial charge in [0.05, 0.1) is 6.61 Å². The molecule has 1 saturated carbocycles. The molecule has 42 heavy (non-hydrogen) atoms. The van der Waals surface area contributed by atoms with Gasteiger partial charge < -0.3 is 19.2 Å². The first kappa shape index (κ1) is 29.2. The molecular formula is C32H32F3N3O4. The van der Waals surface area contributed by atoms with Crippen molar-refractivity contribution < 1.29 is 32.2 Å². The average molecular weight is 580 g/mol. The van der Waals surface area contributed by atoms with Gasteiger partial charge in [-0.25, -0.2) is 4.98 Å². The molecule has 1 fully saturated rings. The minimum atomic E-state index is -4.79. The molecule has 1 amide bonds. The number of rotatable bonds is 9. The van der Waals surface area contributed by atoms with Crippen molar-refractivity contribution in [2.24, 2.45) is 5.92 Å². The number of ether oxygens (including phenoxy) is 2. The third-order valence-electron chi connectivity index (χ3n) is 7.59. The molecule has 7 nitrogen and oxygen atoms in total. The zero-order valence-electron chi connectivity index (χ0n) is 23.2. The van der Waals surface area contributed by atoms with E-state index < -0.39 is 12.3 Å². The van der Waals surface area contributed by atoms with Gasteiger partial charge in [0.15, 0.2) is 0 Å². The highest BCUT2D eigenvalue weighted by Gasteiger charge is 2.31. The van der Waals surface area contributed by atoms with Crippen molar-refractivity contribution in [1.82, 2.24) is 14.7 Å². The quantitative estimate of drug-likeness (QED) is 0.215. The van der Waals surface area contributed by atoms with Crippen molar-refractivity contribution in [2.75, 3.05) is 6.61 Å². The van der Waals surface area contributed by atoms with Gasteiger partial charge in [0.1, 0.15) is 17.1 Å². The van der Waals surface area contributed by atoms with Crippen LogP contribution in [0.2, 0.25) is 0 Å². The smallest absolute Gasteiger partial charge is 0.466 e. The average Bonchev–Trinajstić information content (AvgIpc) is 3.40. The van der Waals surface area contributed by atoms with E-state index in [1.807, 2.05) is 25.3 Å². The van der Waals surface area contributed by atoms with Crippen LogP contribution >= 0.6 is 0 Å². The Bertz CT molecular complexity index is 1540. The second-order valence-corrected chi connectivity index (χ2v) is 10.5.